The van der Waals surface area contributed by atoms with Gasteiger partial charge in [-0.3, -0.25) is 4.79 Å². The van der Waals surface area contributed by atoms with Crippen LogP contribution in [0.3, 0.4) is 0 Å². The van der Waals surface area contributed by atoms with Gasteiger partial charge in [-0.15, -0.1) is 0 Å². The van der Waals surface area contributed by atoms with E-state index in [0.29, 0.717) is 19.4 Å². The Balaban J connectivity index is 1.79. The number of hydrogen-bond acceptors (Lipinski definition) is 4. The number of hydrogen-bond donors (Lipinski definition) is 3. The van der Waals surface area contributed by atoms with Crippen molar-refractivity contribution >= 4 is 15.9 Å². The standard InChI is InChI=1S/C16H25N3O3S/c1-12(17)10-11-18-16(20)9-4-13-2-7-15(8-3-13)23(21,22)19-14-5-6-14/h2-3,7-8,12,14,19H,4-6,9-11,17H2,1H3,(H,18,20). The first-order valence-corrected chi connectivity index (χ1v) is 9.49. The van der Waals surface area contributed by atoms with Crippen LogP contribution in [0.4, 0.5) is 0 Å². The van der Waals surface area contributed by atoms with E-state index in [9.17, 15) is 13.2 Å². The summed E-state index contributed by atoms with van der Waals surface area (Å²) in [6, 6.07) is 6.88. The molecule has 0 heterocycles. The minimum absolute atomic E-state index is 0.0160. The molecule has 0 aromatic heterocycles. The van der Waals surface area contributed by atoms with Crippen molar-refractivity contribution in [2.45, 2.75) is 56.0 Å². The third-order valence-corrected chi connectivity index (χ3v) is 5.23. The zero-order valence-electron chi connectivity index (χ0n) is 13.4. The minimum Gasteiger partial charge on any atom is -0.356 e. The summed E-state index contributed by atoms with van der Waals surface area (Å²) >= 11 is 0. The Morgan fingerprint density at radius 2 is 1.96 bits per heavy atom. The van der Waals surface area contributed by atoms with E-state index in [-0.39, 0.29) is 22.9 Å². The van der Waals surface area contributed by atoms with Gasteiger partial charge in [-0.1, -0.05) is 12.1 Å². The van der Waals surface area contributed by atoms with Crippen molar-refractivity contribution in [1.82, 2.24) is 10.0 Å². The summed E-state index contributed by atoms with van der Waals surface area (Å²) in [6.07, 6.45) is 3.54. The van der Waals surface area contributed by atoms with Gasteiger partial charge in [-0.2, -0.15) is 0 Å². The quantitative estimate of drug-likeness (QED) is 0.622. The molecule has 0 radical (unpaired) electrons. The van der Waals surface area contributed by atoms with Gasteiger partial charge in [-0.25, -0.2) is 13.1 Å². The highest BCUT2D eigenvalue weighted by molar-refractivity contribution is 7.89. The number of nitrogens with two attached hydrogens (primary N) is 1. The van der Waals surface area contributed by atoms with E-state index in [1.54, 1.807) is 24.3 Å². The van der Waals surface area contributed by atoms with Crippen molar-refractivity contribution in [3.8, 4) is 0 Å². The lowest BCUT2D eigenvalue weighted by Gasteiger charge is -2.08. The van der Waals surface area contributed by atoms with E-state index in [4.69, 9.17) is 5.73 Å². The van der Waals surface area contributed by atoms with Crippen molar-refractivity contribution in [1.29, 1.82) is 0 Å². The average molecular weight is 339 g/mol. The highest BCUT2D eigenvalue weighted by Crippen LogP contribution is 2.22. The zero-order valence-corrected chi connectivity index (χ0v) is 14.2. The van der Waals surface area contributed by atoms with E-state index in [0.717, 1.165) is 24.8 Å². The van der Waals surface area contributed by atoms with E-state index in [1.807, 2.05) is 6.92 Å². The summed E-state index contributed by atoms with van der Waals surface area (Å²) in [7, 11) is -3.41. The summed E-state index contributed by atoms with van der Waals surface area (Å²) in [5, 5.41) is 2.82. The van der Waals surface area contributed by atoms with Crippen LogP contribution in [0, 0.1) is 0 Å². The van der Waals surface area contributed by atoms with Crippen molar-refractivity contribution in [2.75, 3.05) is 6.54 Å². The van der Waals surface area contributed by atoms with Crippen molar-refractivity contribution < 1.29 is 13.2 Å². The second-order valence-electron chi connectivity index (χ2n) is 6.16. The summed E-state index contributed by atoms with van der Waals surface area (Å²) < 4.78 is 26.7. The molecule has 1 fully saturated rings. The summed E-state index contributed by atoms with van der Waals surface area (Å²) in [5.41, 5.74) is 6.56. The largest absolute Gasteiger partial charge is 0.356 e. The molecular weight excluding hydrogens is 314 g/mol. The van der Waals surface area contributed by atoms with Crippen LogP contribution in [0.25, 0.3) is 0 Å². The van der Waals surface area contributed by atoms with Crippen LogP contribution in [0.15, 0.2) is 29.2 Å². The molecule has 0 saturated heterocycles. The summed E-state index contributed by atoms with van der Waals surface area (Å²) in [5.74, 6) is -0.0160. The molecule has 1 aliphatic carbocycles. The normalized spacial score (nSPS) is 16.1. The first-order chi connectivity index (χ1) is 10.9. The maximum atomic E-state index is 12.0. The van der Waals surface area contributed by atoms with Crippen LogP contribution in [0.2, 0.25) is 0 Å². The third kappa shape index (κ3) is 6.29. The number of aryl methyl sites for hydroxylation is 1. The highest BCUT2D eigenvalue weighted by atomic mass is 32.2. The molecule has 1 aromatic carbocycles. The lowest BCUT2D eigenvalue weighted by molar-refractivity contribution is -0.121. The SMILES string of the molecule is CC(N)CCNC(=O)CCc1ccc(S(=O)(=O)NC2CC2)cc1. The lowest BCUT2D eigenvalue weighted by Crippen LogP contribution is -2.29. The molecule has 0 bridgehead atoms. The van der Waals surface area contributed by atoms with Crippen LogP contribution in [-0.4, -0.2) is 33.0 Å². The second-order valence-corrected chi connectivity index (χ2v) is 7.87. The highest BCUT2D eigenvalue weighted by Gasteiger charge is 2.27. The predicted molar refractivity (Wildman–Crippen MR) is 89.4 cm³/mol. The van der Waals surface area contributed by atoms with E-state index >= 15 is 0 Å². The molecule has 1 saturated carbocycles. The van der Waals surface area contributed by atoms with Gasteiger partial charge in [0.15, 0.2) is 0 Å². The van der Waals surface area contributed by atoms with Crippen LogP contribution in [0.1, 0.15) is 38.2 Å². The van der Waals surface area contributed by atoms with E-state index in [1.165, 1.54) is 0 Å². The number of benzene rings is 1. The number of carbonyl (C=O) groups is 1. The Morgan fingerprint density at radius 1 is 1.30 bits per heavy atom. The minimum atomic E-state index is -3.41. The first-order valence-electron chi connectivity index (χ1n) is 8.00. The Labute approximate surface area is 137 Å². The van der Waals surface area contributed by atoms with Crippen LogP contribution in [-0.2, 0) is 21.2 Å². The number of carbonyl (C=O) groups excluding carboxylic acids is 1. The number of amides is 1. The first kappa shape index (κ1) is 17.9. The maximum absolute atomic E-state index is 12.0. The van der Waals surface area contributed by atoms with Crippen molar-refractivity contribution in [3.63, 3.8) is 0 Å². The van der Waals surface area contributed by atoms with Gasteiger partial charge >= 0.3 is 0 Å². The fourth-order valence-electron chi connectivity index (χ4n) is 2.11. The van der Waals surface area contributed by atoms with Crippen LogP contribution < -0.4 is 15.8 Å². The Kier molecular flexibility index (Phi) is 6.15. The van der Waals surface area contributed by atoms with Crippen molar-refractivity contribution in [2.24, 2.45) is 5.73 Å². The number of sulfonamides is 1. The van der Waals surface area contributed by atoms with Gasteiger partial charge in [0.05, 0.1) is 4.90 Å². The zero-order chi connectivity index (χ0) is 16.9. The molecule has 1 aliphatic rings. The fraction of sp³-hybridized carbons (Fsp3) is 0.562. The van der Waals surface area contributed by atoms with E-state index in [2.05, 4.69) is 10.0 Å². The number of nitrogens with one attached hydrogen (secondary N) is 2. The number of rotatable bonds is 9. The van der Waals surface area contributed by atoms with Crippen molar-refractivity contribution in [3.05, 3.63) is 29.8 Å². The molecule has 6 nitrogen and oxygen atoms in total. The molecule has 23 heavy (non-hydrogen) atoms. The molecule has 0 spiro atoms. The van der Waals surface area contributed by atoms with Gasteiger partial charge in [0, 0.05) is 25.0 Å². The van der Waals surface area contributed by atoms with Crippen LogP contribution >= 0.6 is 0 Å². The average Bonchev–Trinajstić information content (AvgIpc) is 3.28. The molecule has 1 atom stereocenters. The van der Waals surface area contributed by atoms with Gasteiger partial charge in [-0.05, 0) is 50.3 Å². The predicted octanol–water partition coefficient (Wildman–Crippen LogP) is 0.913. The Hall–Kier alpha value is -1.44. The topological polar surface area (TPSA) is 101 Å². The molecule has 1 amide bonds. The molecule has 128 valence electrons. The molecule has 2 rings (SSSR count). The van der Waals surface area contributed by atoms with Gasteiger partial charge < -0.3 is 11.1 Å². The summed E-state index contributed by atoms with van der Waals surface area (Å²) in [4.78, 5) is 12.0. The summed E-state index contributed by atoms with van der Waals surface area (Å²) in [6.45, 7) is 2.49. The molecule has 7 heteroatoms. The molecular formula is C16H25N3O3S. The second kappa shape index (κ2) is 7.90. The van der Waals surface area contributed by atoms with E-state index < -0.39 is 10.0 Å². The molecule has 4 N–H and O–H groups in total. The lowest BCUT2D eigenvalue weighted by atomic mass is 10.1. The Morgan fingerprint density at radius 3 is 2.52 bits per heavy atom. The fourth-order valence-corrected chi connectivity index (χ4v) is 3.41. The molecule has 1 aromatic rings. The smallest absolute Gasteiger partial charge is 0.240 e. The maximum Gasteiger partial charge on any atom is 0.240 e. The monoisotopic (exact) mass is 339 g/mol. The molecule has 1 unspecified atom stereocenters. The Bertz CT molecular complexity index is 622. The van der Waals surface area contributed by atoms with Gasteiger partial charge in [0.2, 0.25) is 15.9 Å². The van der Waals surface area contributed by atoms with Crippen LogP contribution in [0.5, 0.6) is 0 Å². The third-order valence-electron chi connectivity index (χ3n) is 3.70. The van der Waals surface area contributed by atoms with Gasteiger partial charge in [0.1, 0.15) is 0 Å². The van der Waals surface area contributed by atoms with Gasteiger partial charge in [0.25, 0.3) is 0 Å². The molecule has 0 aliphatic heterocycles.